The lowest BCUT2D eigenvalue weighted by Gasteiger charge is -2.19. The van der Waals surface area contributed by atoms with Crippen LogP contribution in [-0.4, -0.2) is 12.6 Å². The van der Waals surface area contributed by atoms with Crippen molar-refractivity contribution in [2.24, 2.45) is 0 Å². The van der Waals surface area contributed by atoms with Crippen LogP contribution in [0.15, 0.2) is 84.9 Å². The van der Waals surface area contributed by atoms with Gasteiger partial charge in [0.2, 0.25) is 0 Å². The fourth-order valence-corrected chi connectivity index (χ4v) is 3.59. The zero-order valence-electron chi connectivity index (χ0n) is 19.2. The minimum Gasteiger partial charge on any atom is -0.489 e. The lowest BCUT2D eigenvalue weighted by atomic mass is 9.90. The zero-order valence-corrected chi connectivity index (χ0v) is 19.2. The van der Waals surface area contributed by atoms with E-state index in [1.165, 1.54) is 12.1 Å². The summed E-state index contributed by atoms with van der Waals surface area (Å²) < 4.78 is 50.4. The van der Waals surface area contributed by atoms with Gasteiger partial charge in [0.05, 0.1) is 18.1 Å². The van der Waals surface area contributed by atoms with Crippen molar-refractivity contribution in [2.75, 3.05) is 6.61 Å². The number of alkyl halides is 3. The Morgan fingerprint density at radius 1 is 0.971 bits per heavy atom. The third-order valence-electron chi connectivity index (χ3n) is 5.25. The van der Waals surface area contributed by atoms with Gasteiger partial charge in [-0.3, -0.25) is 4.79 Å². The molecular formula is C28H27F3O3. The third kappa shape index (κ3) is 6.73. The second-order valence-corrected chi connectivity index (χ2v) is 8.11. The Balaban J connectivity index is 2.02. The van der Waals surface area contributed by atoms with Crippen LogP contribution < -0.4 is 4.74 Å². The maximum absolute atomic E-state index is 13.0. The molecule has 0 aromatic heterocycles. The molecule has 34 heavy (non-hydrogen) atoms. The molecule has 0 aliphatic rings. The molecule has 3 aromatic rings. The van der Waals surface area contributed by atoms with Crippen LogP contribution in [0.1, 0.15) is 42.9 Å². The van der Waals surface area contributed by atoms with Gasteiger partial charge in [-0.1, -0.05) is 54.1 Å². The lowest BCUT2D eigenvalue weighted by Crippen LogP contribution is -2.16. The summed E-state index contributed by atoms with van der Waals surface area (Å²) in [6.45, 7) is 8.04. The normalized spacial score (nSPS) is 12.1. The summed E-state index contributed by atoms with van der Waals surface area (Å²) in [4.78, 5) is 12.7. The SMILES string of the molecule is C=C(C)CC(C(=O)OCC)c1cc(OCc2ccccc2)cc(-c2ccc(C(F)(F)F)cc2)c1. The number of benzene rings is 3. The monoisotopic (exact) mass is 468 g/mol. The number of halogens is 3. The molecule has 1 atom stereocenters. The van der Waals surface area contributed by atoms with E-state index in [4.69, 9.17) is 9.47 Å². The van der Waals surface area contributed by atoms with Crippen molar-refractivity contribution in [3.8, 4) is 16.9 Å². The first kappa shape index (κ1) is 25.1. The Morgan fingerprint density at radius 2 is 1.65 bits per heavy atom. The molecule has 3 rings (SSSR count). The van der Waals surface area contributed by atoms with Gasteiger partial charge < -0.3 is 9.47 Å². The molecule has 6 heteroatoms. The number of carbonyl (C=O) groups excluding carboxylic acids is 1. The molecule has 0 spiro atoms. The predicted molar refractivity (Wildman–Crippen MR) is 126 cm³/mol. The fraction of sp³-hybridized carbons (Fsp3) is 0.250. The summed E-state index contributed by atoms with van der Waals surface area (Å²) in [7, 11) is 0. The number of esters is 1. The van der Waals surface area contributed by atoms with Gasteiger partial charge in [-0.2, -0.15) is 13.2 Å². The molecule has 0 aliphatic heterocycles. The highest BCUT2D eigenvalue weighted by Crippen LogP contribution is 2.35. The topological polar surface area (TPSA) is 35.5 Å². The maximum Gasteiger partial charge on any atom is 0.416 e. The van der Waals surface area contributed by atoms with Gasteiger partial charge in [0.15, 0.2) is 0 Å². The van der Waals surface area contributed by atoms with Crippen molar-refractivity contribution in [3.63, 3.8) is 0 Å². The third-order valence-corrected chi connectivity index (χ3v) is 5.25. The highest BCUT2D eigenvalue weighted by Gasteiger charge is 2.30. The minimum atomic E-state index is -4.42. The Morgan fingerprint density at radius 3 is 2.24 bits per heavy atom. The summed E-state index contributed by atoms with van der Waals surface area (Å²) in [5.74, 6) is -0.484. The highest BCUT2D eigenvalue weighted by atomic mass is 19.4. The molecule has 178 valence electrons. The second-order valence-electron chi connectivity index (χ2n) is 8.11. The Kier molecular flexibility index (Phi) is 8.16. The Bertz CT molecular complexity index is 1120. The molecule has 0 amide bonds. The number of rotatable bonds is 9. The van der Waals surface area contributed by atoms with Crippen molar-refractivity contribution >= 4 is 5.97 Å². The number of ether oxygens (including phenoxy) is 2. The van der Waals surface area contributed by atoms with Crippen molar-refractivity contribution in [3.05, 3.63) is 102 Å². The molecule has 0 heterocycles. The van der Waals surface area contributed by atoms with E-state index >= 15 is 0 Å². The molecule has 1 unspecified atom stereocenters. The van der Waals surface area contributed by atoms with E-state index < -0.39 is 17.7 Å². The van der Waals surface area contributed by atoms with Gasteiger partial charge >= 0.3 is 12.1 Å². The molecule has 0 radical (unpaired) electrons. The molecular weight excluding hydrogens is 441 g/mol. The van der Waals surface area contributed by atoms with Crippen molar-refractivity contribution in [2.45, 2.75) is 39.0 Å². The van der Waals surface area contributed by atoms with Gasteiger partial charge in [-0.25, -0.2) is 0 Å². The maximum atomic E-state index is 13.0. The first-order chi connectivity index (χ1) is 16.2. The van der Waals surface area contributed by atoms with Crippen molar-refractivity contribution < 1.29 is 27.4 Å². The van der Waals surface area contributed by atoms with E-state index in [1.807, 2.05) is 37.3 Å². The molecule has 3 aromatic carbocycles. The quantitative estimate of drug-likeness (QED) is 0.240. The van der Waals surface area contributed by atoms with Crippen LogP contribution in [0.3, 0.4) is 0 Å². The van der Waals surface area contributed by atoms with Crippen LogP contribution in [0.5, 0.6) is 5.75 Å². The molecule has 0 saturated heterocycles. The van der Waals surface area contributed by atoms with Gasteiger partial charge in [0, 0.05) is 0 Å². The van der Waals surface area contributed by atoms with Gasteiger partial charge in [-0.15, -0.1) is 6.58 Å². The second kappa shape index (κ2) is 11.1. The highest BCUT2D eigenvalue weighted by molar-refractivity contribution is 5.80. The van der Waals surface area contributed by atoms with E-state index in [1.54, 1.807) is 25.1 Å². The summed E-state index contributed by atoms with van der Waals surface area (Å²) in [6, 6.07) is 19.9. The summed E-state index contributed by atoms with van der Waals surface area (Å²) in [5.41, 5.74) is 2.93. The summed E-state index contributed by atoms with van der Waals surface area (Å²) in [5, 5.41) is 0. The van der Waals surface area contributed by atoms with E-state index in [2.05, 4.69) is 6.58 Å². The number of allylic oxidation sites excluding steroid dienone is 1. The predicted octanol–water partition coefficient (Wildman–Crippen LogP) is 7.56. The van der Waals surface area contributed by atoms with Crippen LogP contribution in [0, 0.1) is 0 Å². The standard InChI is InChI=1S/C28H27F3O3/c1-4-33-27(32)26(14-19(2)3)23-15-22(21-10-12-24(13-11-21)28(29,30)31)16-25(17-23)34-18-20-8-6-5-7-9-20/h5-13,15-17,26H,2,4,14,18H2,1,3H3. The van der Waals surface area contributed by atoms with E-state index in [9.17, 15) is 18.0 Å². The van der Waals surface area contributed by atoms with Crippen LogP contribution in [-0.2, 0) is 22.3 Å². The van der Waals surface area contributed by atoms with E-state index in [0.717, 1.165) is 23.3 Å². The van der Waals surface area contributed by atoms with Crippen LogP contribution in [0.25, 0.3) is 11.1 Å². The van der Waals surface area contributed by atoms with Gasteiger partial charge in [-0.05, 0) is 66.8 Å². The molecule has 0 fully saturated rings. The first-order valence-corrected chi connectivity index (χ1v) is 11.0. The summed E-state index contributed by atoms with van der Waals surface area (Å²) in [6.07, 6.45) is -4.03. The Hall–Kier alpha value is -3.54. The van der Waals surface area contributed by atoms with Crippen LogP contribution >= 0.6 is 0 Å². The van der Waals surface area contributed by atoms with E-state index in [-0.39, 0.29) is 12.6 Å². The number of hydrogen-bond acceptors (Lipinski definition) is 3. The van der Waals surface area contributed by atoms with E-state index in [0.29, 0.717) is 35.5 Å². The molecule has 0 aliphatic carbocycles. The smallest absolute Gasteiger partial charge is 0.416 e. The van der Waals surface area contributed by atoms with Crippen molar-refractivity contribution in [1.82, 2.24) is 0 Å². The minimum absolute atomic E-state index is 0.238. The first-order valence-electron chi connectivity index (χ1n) is 11.0. The van der Waals surface area contributed by atoms with Crippen LogP contribution in [0.2, 0.25) is 0 Å². The molecule has 0 N–H and O–H groups in total. The average Bonchev–Trinajstić information content (AvgIpc) is 2.81. The Labute approximate surface area is 197 Å². The van der Waals surface area contributed by atoms with Gasteiger partial charge in [0.25, 0.3) is 0 Å². The average molecular weight is 469 g/mol. The number of carbonyl (C=O) groups is 1. The van der Waals surface area contributed by atoms with Gasteiger partial charge in [0.1, 0.15) is 12.4 Å². The molecule has 3 nitrogen and oxygen atoms in total. The molecule has 0 bridgehead atoms. The lowest BCUT2D eigenvalue weighted by molar-refractivity contribution is -0.145. The van der Waals surface area contributed by atoms with Crippen molar-refractivity contribution in [1.29, 1.82) is 0 Å². The molecule has 0 saturated carbocycles. The largest absolute Gasteiger partial charge is 0.489 e. The summed E-state index contributed by atoms with van der Waals surface area (Å²) >= 11 is 0. The fourth-order valence-electron chi connectivity index (χ4n) is 3.59. The zero-order chi connectivity index (χ0) is 24.7. The van der Waals surface area contributed by atoms with Crippen LogP contribution in [0.4, 0.5) is 13.2 Å². The number of hydrogen-bond donors (Lipinski definition) is 0.